The molecular formula is C19H18ClF3N2O2. The first-order valence-corrected chi connectivity index (χ1v) is 8.42. The van der Waals surface area contributed by atoms with Gasteiger partial charge in [-0.3, -0.25) is 9.59 Å². The Morgan fingerprint density at radius 3 is 2.41 bits per heavy atom. The molecule has 0 radical (unpaired) electrons. The Bertz CT molecular complexity index is 853. The standard InChI is InChI=1S/C19H18ClF3N2O2/c1-12-5-3-4-6-14(12)10-25(13(2)26)11-18(27)24-15-7-8-17(20)16(9-15)19(21,22)23/h3-9H,10-11H2,1-2H3,(H,24,27). The van der Waals surface area contributed by atoms with Gasteiger partial charge in [0.25, 0.3) is 0 Å². The smallest absolute Gasteiger partial charge is 0.329 e. The molecule has 0 aromatic heterocycles. The van der Waals surface area contributed by atoms with Crippen LogP contribution in [0.1, 0.15) is 23.6 Å². The van der Waals surface area contributed by atoms with Crippen molar-refractivity contribution >= 4 is 29.1 Å². The van der Waals surface area contributed by atoms with E-state index in [9.17, 15) is 22.8 Å². The van der Waals surface area contributed by atoms with Crippen LogP contribution in [0.2, 0.25) is 5.02 Å². The molecule has 2 rings (SSSR count). The highest BCUT2D eigenvalue weighted by Gasteiger charge is 2.33. The zero-order valence-corrected chi connectivity index (χ0v) is 15.5. The Morgan fingerprint density at radius 2 is 1.81 bits per heavy atom. The minimum Gasteiger partial charge on any atom is -0.329 e. The Hall–Kier alpha value is -2.54. The molecule has 27 heavy (non-hydrogen) atoms. The van der Waals surface area contributed by atoms with Crippen LogP contribution in [0.3, 0.4) is 0 Å². The van der Waals surface area contributed by atoms with Crippen LogP contribution in [0.5, 0.6) is 0 Å². The molecule has 0 spiro atoms. The van der Waals surface area contributed by atoms with Gasteiger partial charge in [0.2, 0.25) is 11.8 Å². The van der Waals surface area contributed by atoms with Crippen molar-refractivity contribution in [2.45, 2.75) is 26.6 Å². The topological polar surface area (TPSA) is 49.4 Å². The van der Waals surface area contributed by atoms with E-state index in [0.29, 0.717) is 0 Å². The third kappa shape index (κ3) is 5.72. The highest BCUT2D eigenvalue weighted by Crippen LogP contribution is 2.36. The first-order valence-electron chi connectivity index (χ1n) is 8.04. The highest BCUT2D eigenvalue weighted by atomic mass is 35.5. The SMILES string of the molecule is CC(=O)N(CC(=O)Nc1ccc(Cl)c(C(F)(F)F)c1)Cc1ccccc1C. The number of benzene rings is 2. The third-order valence-corrected chi connectivity index (χ3v) is 4.29. The van der Waals surface area contributed by atoms with Gasteiger partial charge in [-0.1, -0.05) is 35.9 Å². The summed E-state index contributed by atoms with van der Waals surface area (Å²) in [7, 11) is 0. The first-order chi connectivity index (χ1) is 12.6. The number of nitrogens with one attached hydrogen (secondary N) is 1. The molecule has 8 heteroatoms. The minimum atomic E-state index is -4.63. The summed E-state index contributed by atoms with van der Waals surface area (Å²) in [6.45, 7) is 3.16. The van der Waals surface area contributed by atoms with Gasteiger partial charge in [0, 0.05) is 19.2 Å². The number of carbonyl (C=O) groups is 2. The Morgan fingerprint density at radius 1 is 1.15 bits per heavy atom. The van der Waals surface area contributed by atoms with Crippen molar-refractivity contribution in [1.82, 2.24) is 4.90 Å². The zero-order chi connectivity index (χ0) is 20.2. The van der Waals surface area contributed by atoms with Crippen molar-refractivity contribution in [2.24, 2.45) is 0 Å². The third-order valence-electron chi connectivity index (χ3n) is 3.96. The number of rotatable bonds is 5. The monoisotopic (exact) mass is 398 g/mol. The maximum Gasteiger partial charge on any atom is 0.417 e. The molecular weight excluding hydrogens is 381 g/mol. The second-order valence-corrected chi connectivity index (χ2v) is 6.45. The number of nitrogens with zero attached hydrogens (tertiary/aromatic N) is 1. The number of amides is 2. The molecule has 0 saturated carbocycles. The number of alkyl halides is 3. The number of halogens is 4. The van der Waals surface area contributed by atoms with Crippen LogP contribution in [0.4, 0.5) is 18.9 Å². The van der Waals surface area contributed by atoms with Gasteiger partial charge in [0.15, 0.2) is 0 Å². The normalized spacial score (nSPS) is 11.2. The summed E-state index contributed by atoms with van der Waals surface area (Å²) in [5, 5.41) is 1.92. The number of aryl methyl sites for hydroxylation is 1. The molecule has 0 aliphatic heterocycles. The van der Waals surface area contributed by atoms with Crippen LogP contribution in [0, 0.1) is 6.92 Å². The van der Waals surface area contributed by atoms with E-state index in [1.165, 1.54) is 17.9 Å². The van der Waals surface area contributed by atoms with Gasteiger partial charge in [-0.05, 0) is 36.2 Å². The molecule has 0 bridgehead atoms. The maximum absolute atomic E-state index is 12.9. The Kier molecular flexibility index (Phi) is 6.49. The van der Waals surface area contributed by atoms with Crippen molar-refractivity contribution in [2.75, 3.05) is 11.9 Å². The van der Waals surface area contributed by atoms with Crippen molar-refractivity contribution in [3.8, 4) is 0 Å². The van der Waals surface area contributed by atoms with Gasteiger partial charge < -0.3 is 10.2 Å². The van der Waals surface area contributed by atoms with E-state index < -0.39 is 22.7 Å². The largest absolute Gasteiger partial charge is 0.417 e. The molecule has 4 nitrogen and oxygen atoms in total. The lowest BCUT2D eigenvalue weighted by Crippen LogP contribution is -2.36. The zero-order valence-electron chi connectivity index (χ0n) is 14.7. The van der Waals surface area contributed by atoms with Gasteiger partial charge >= 0.3 is 6.18 Å². The number of carbonyl (C=O) groups excluding carboxylic acids is 2. The lowest BCUT2D eigenvalue weighted by molar-refractivity contribution is -0.137. The quantitative estimate of drug-likeness (QED) is 0.796. The summed E-state index contributed by atoms with van der Waals surface area (Å²) in [5.41, 5.74) is 0.768. The van der Waals surface area contributed by atoms with Crippen molar-refractivity contribution in [3.63, 3.8) is 0 Å². The molecule has 0 heterocycles. The number of hydrogen-bond donors (Lipinski definition) is 1. The fourth-order valence-corrected chi connectivity index (χ4v) is 2.69. The van der Waals surface area contributed by atoms with Gasteiger partial charge in [-0.15, -0.1) is 0 Å². The van der Waals surface area contributed by atoms with Crippen LogP contribution in [-0.4, -0.2) is 23.3 Å². The summed E-state index contributed by atoms with van der Waals surface area (Å²) in [5.74, 6) is -0.922. The van der Waals surface area contributed by atoms with Crippen LogP contribution >= 0.6 is 11.6 Å². The van der Waals surface area contributed by atoms with E-state index in [-0.39, 0.29) is 24.7 Å². The van der Waals surface area contributed by atoms with E-state index in [2.05, 4.69) is 5.32 Å². The molecule has 0 saturated heterocycles. The fraction of sp³-hybridized carbons (Fsp3) is 0.263. The van der Waals surface area contributed by atoms with E-state index in [4.69, 9.17) is 11.6 Å². The van der Waals surface area contributed by atoms with E-state index in [0.717, 1.165) is 23.3 Å². The predicted octanol–water partition coefficient (Wildman–Crippen LogP) is 4.65. The fourth-order valence-electron chi connectivity index (χ4n) is 2.47. The second kappa shape index (κ2) is 8.43. The summed E-state index contributed by atoms with van der Waals surface area (Å²) in [6.07, 6.45) is -4.63. The van der Waals surface area contributed by atoms with E-state index >= 15 is 0 Å². The predicted molar refractivity (Wildman–Crippen MR) is 97.4 cm³/mol. The molecule has 1 N–H and O–H groups in total. The first kappa shape index (κ1) is 20.8. The van der Waals surface area contributed by atoms with Gasteiger partial charge in [-0.2, -0.15) is 13.2 Å². The van der Waals surface area contributed by atoms with Crippen LogP contribution in [-0.2, 0) is 22.3 Å². The Labute approximate surface area is 159 Å². The van der Waals surface area contributed by atoms with Crippen LogP contribution in [0.25, 0.3) is 0 Å². The molecule has 0 aliphatic rings. The van der Waals surface area contributed by atoms with Gasteiger partial charge in [-0.25, -0.2) is 0 Å². The van der Waals surface area contributed by atoms with Crippen molar-refractivity contribution < 1.29 is 22.8 Å². The molecule has 2 amide bonds. The Balaban J connectivity index is 2.11. The van der Waals surface area contributed by atoms with Crippen molar-refractivity contribution in [3.05, 3.63) is 64.2 Å². The molecule has 0 fully saturated rings. The van der Waals surface area contributed by atoms with Crippen molar-refractivity contribution in [1.29, 1.82) is 0 Å². The summed E-state index contributed by atoms with van der Waals surface area (Å²) < 4.78 is 38.7. The molecule has 2 aromatic carbocycles. The lowest BCUT2D eigenvalue weighted by atomic mass is 10.1. The highest BCUT2D eigenvalue weighted by molar-refractivity contribution is 6.31. The van der Waals surface area contributed by atoms with Gasteiger partial charge in [0.1, 0.15) is 6.54 Å². The summed E-state index contributed by atoms with van der Waals surface area (Å²) >= 11 is 5.56. The average Bonchev–Trinajstić information content (AvgIpc) is 2.56. The van der Waals surface area contributed by atoms with Crippen LogP contribution in [0.15, 0.2) is 42.5 Å². The summed E-state index contributed by atoms with van der Waals surface area (Å²) in [4.78, 5) is 25.4. The molecule has 2 aromatic rings. The lowest BCUT2D eigenvalue weighted by Gasteiger charge is -2.22. The number of hydrogen-bond acceptors (Lipinski definition) is 2. The number of anilines is 1. The average molecular weight is 399 g/mol. The molecule has 0 atom stereocenters. The van der Waals surface area contributed by atoms with E-state index in [1.54, 1.807) is 0 Å². The second-order valence-electron chi connectivity index (χ2n) is 6.04. The van der Waals surface area contributed by atoms with E-state index in [1.807, 2.05) is 31.2 Å². The molecule has 0 unspecified atom stereocenters. The maximum atomic E-state index is 12.9. The summed E-state index contributed by atoms with van der Waals surface area (Å²) in [6, 6.07) is 10.5. The molecule has 144 valence electrons. The van der Waals surface area contributed by atoms with Crippen LogP contribution < -0.4 is 5.32 Å². The molecule has 0 aliphatic carbocycles. The minimum absolute atomic E-state index is 0.0453. The van der Waals surface area contributed by atoms with Gasteiger partial charge in [0.05, 0.1) is 10.6 Å².